The summed E-state index contributed by atoms with van der Waals surface area (Å²) < 4.78 is 2.25. The Morgan fingerprint density at radius 1 is 1.40 bits per heavy atom. The molecule has 0 aliphatic carbocycles. The van der Waals surface area contributed by atoms with Crippen LogP contribution in [0.15, 0.2) is 29.4 Å². The zero-order valence-corrected chi connectivity index (χ0v) is 12.1. The summed E-state index contributed by atoms with van der Waals surface area (Å²) in [5.41, 5.74) is 7.82. The molecule has 0 radical (unpaired) electrons. The molecular weight excluding hydrogens is 252 g/mol. The summed E-state index contributed by atoms with van der Waals surface area (Å²) in [4.78, 5) is 4.72. The Labute approximate surface area is 119 Å². The molecule has 0 saturated heterocycles. The van der Waals surface area contributed by atoms with Crippen LogP contribution in [0.2, 0.25) is 0 Å². The van der Waals surface area contributed by atoms with Gasteiger partial charge in [0.25, 0.3) is 0 Å². The molecule has 1 unspecified atom stereocenters. The van der Waals surface area contributed by atoms with Gasteiger partial charge in [-0.1, -0.05) is 31.1 Å². The van der Waals surface area contributed by atoms with Crippen molar-refractivity contribution < 1.29 is 5.21 Å². The molecular formula is C15H22N4O. The second-order valence-corrected chi connectivity index (χ2v) is 4.99. The molecule has 0 amide bonds. The van der Waals surface area contributed by atoms with Crippen molar-refractivity contribution in [2.24, 2.45) is 10.9 Å². The molecule has 20 heavy (non-hydrogen) atoms. The Balaban J connectivity index is 2.50. The molecule has 2 rings (SSSR count). The van der Waals surface area contributed by atoms with E-state index in [-0.39, 0.29) is 11.9 Å². The Morgan fingerprint density at radius 2 is 2.15 bits per heavy atom. The Morgan fingerprint density at radius 3 is 2.80 bits per heavy atom. The second kappa shape index (κ2) is 6.41. The van der Waals surface area contributed by atoms with Gasteiger partial charge in [-0.15, -0.1) is 0 Å². The van der Waals surface area contributed by atoms with Crippen molar-refractivity contribution in [3.05, 3.63) is 30.1 Å². The van der Waals surface area contributed by atoms with E-state index in [0.29, 0.717) is 6.42 Å². The molecule has 0 fully saturated rings. The minimum absolute atomic E-state index is 0.167. The molecule has 1 aromatic carbocycles. The third kappa shape index (κ3) is 2.76. The van der Waals surface area contributed by atoms with Crippen LogP contribution in [0.4, 0.5) is 0 Å². The number of rotatable bonds is 6. The number of aromatic nitrogens is 2. The average Bonchev–Trinajstić information content (AvgIpc) is 2.83. The number of oxime groups is 1. The number of amidine groups is 1. The van der Waals surface area contributed by atoms with Gasteiger partial charge >= 0.3 is 0 Å². The molecule has 0 bridgehead atoms. The molecule has 2 aromatic rings. The van der Waals surface area contributed by atoms with Crippen molar-refractivity contribution in [1.82, 2.24) is 9.55 Å². The first-order valence-electron chi connectivity index (χ1n) is 7.13. The topological polar surface area (TPSA) is 76.4 Å². The van der Waals surface area contributed by atoms with E-state index in [1.807, 2.05) is 18.2 Å². The molecule has 1 heterocycles. The van der Waals surface area contributed by atoms with Gasteiger partial charge in [-0.25, -0.2) is 4.98 Å². The minimum Gasteiger partial charge on any atom is -0.409 e. The summed E-state index contributed by atoms with van der Waals surface area (Å²) in [5, 5.41) is 11.9. The minimum atomic E-state index is 0.167. The number of benzene rings is 1. The number of imidazole rings is 1. The van der Waals surface area contributed by atoms with Crippen LogP contribution in [0.3, 0.4) is 0 Å². The van der Waals surface area contributed by atoms with Crippen molar-refractivity contribution in [3.63, 3.8) is 0 Å². The summed E-state index contributed by atoms with van der Waals surface area (Å²) in [5.74, 6) is 1.34. The number of hydrogen-bond donors (Lipinski definition) is 2. The Bertz CT molecular complexity index is 603. The Kier molecular flexibility index (Phi) is 4.61. The molecule has 108 valence electrons. The number of fused-ring (bicyclic) bond motifs is 1. The highest BCUT2D eigenvalue weighted by Crippen LogP contribution is 2.26. The van der Waals surface area contributed by atoms with Gasteiger partial charge in [-0.05, 0) is 25.0 Å². The van der Waals surface area contributed by atoms with Crippen LogP contribution in [0.25, 0.3) is 11.0 Å². The fourth-order valence-corrected chi connectivity index (χ4v) is 2.60. The van der Waals surface area contributed by atoms with Crippen molar-refractivity contribution in [2.45, 2.75) is 45.6 Å². The maximum Gasteiger partial charge on any atom is 0.141 e. The lowest BCUT2D eigenvalue weighted by atomic mass is 10.1. The van der Waals surface area contributed by atoms with Gasteiger partial charge in [-0.3, -0.25) is 0 Å². The van der Waals surface area contributed by atoms with Crippen LogP contribution in [-0.2, 0) is 6.42 Å². The first-order valence-corrected chi connectivity index (χ1v) is 7.13. The summed E-state index contributed by atoms with van der Waals surface area (Å²) in [7, 11) is 0. The van der Waals surface area contributed by atoms with Gasteiger partial charge < -0.3 is 15.5 Å². The van der Waals surface area contributed by atoms with E-state index >= 15 is 0 Å². The Hall–Kier alpha value is -2.04. The summed E-state index contributed by atoms with van der Waals surface area (Å²) in [6.07, 6.45) is 3.42. The first-order chi connectivity index (χ1) is 9.71. The van der Waals surface area contributed by atoms with E-state index in [1.54, 1.807) is 0 Å². The van der Waals surface area contributed by atoms with Gasteiger partial charge in [0.15, 0.2) is 0 Å². The molecule has 0 saturated carbocycles. The van der Waals surface area contributed by atoms with Crippen molar-refractivity contribution >= 4 is 16.9 Å². The summed E-state index contributed by atoms with van der Waals surface area (Å²) in [6, 6.07) is 8.30. The zero-order valence-electron chi connectivity index (χ0n) is 12.1. The lowest BCUT2D eigenvalue weighted by Crippen LogP contribution is -2.21. The van der Waals surface area contributed by atoms with Crippen LogP contribution in [0.1, 0.15) is 45.0 Å². The largest absolute Gasteiger partial charge is 0.409 e. The second-order valence-electron chi connectivity index (χ2n) is 4.99. The standard InChI is InChI=1S/C15H22N4O/c1-3-7-15-17-12-8-5-6-9-13(12)19(15)11(4-2)10-14(16)18-20/h5-6,8-9,11,20H,3-4,7,10H2,1-2H3,(H2,16,18). The van der Waals surface area contributed by atoms with Gasteiger partial charge in [0, 0.05) is 18.9 Å². The molecule has 1 aromatic heterocycles. The smallest absolute Gasteiger partial charge is 0.141 e. The maximum absolute atomic E-state index is 8.80. The fourth-order valence-electron chi connectivity index (χ4n) is 2.60. The van der Waals surface area contributed by atoms with Crippen LogP contribution < -0.4 is 5.73 Å². The van der Waals surface area contributed by atoms with Gasteiger partial charge in [0.1, 0.15) is 11.7 Å². The highest BCUT2D eigenvalue weighted by Gasteiger charge is 2.18. The van der Waals surface area contributed by atoms with E-state index in [4.69, 9.17) is 15.9 Å². The lowest BCUT2D eigenvalue weighted by Gasteiger charge is -2.19. The van der Waals surface area contributed by atoms with Crippen molar-refractivity contribution in [2.75, 3.05) is 0 Å². The fraction of sp³-hybridized carbons (Fsp3) is 0.467. The number of nitrogens with two attached hydrogens (primary N) is 1. The van der Waals surface area contributed by atoms with E-state index in [2.05, 4.69) is 29.6 Å². The van der Waals surface area contributed by atoms with Crippen LogP contribution >= 0.6 is 0 Å². The lowest BCUT2D eigenvalue weighted by molar-refractivity contribution is 0.315. The van der Waals surface area contributed by atoms with E-state index in [0.717, 1.165) is 36.1 Å². The highest BCUT2D eigenvalue weighted by molar-refractivity contribution is 5.81. The molecule has 1 atom stereocenters. The third-order valence-corrected chi connectivity index (χ3v) is 3.55. The average molecular weight is 274 g/mol. The van der Waals surface area contributed by atoms with E-state index < -0.39 is 0 Å². The molecule has 5 heteroatoms. The predicted octanol–water partition coefficient (Wildman–Crippen LogP) is 3.08. The van der Waals surface area contributed by atoms with Gasteiger partial charge in [0.05, 0.1) is 11.0 Å². The molecule has 0 spiro atoms. The highest BCUT2D eigenvalue weighted by atomic mass is 16.4. The number of nitrogens with zero attached hydrogens (tertiary/aromatic N) is 3. The SMILES string of the molecule is CCCc1nc2ccccc2n1C(CC)C/C(N)=N/O. The van der Waals surface area contributed by atoms with Crippen LogP contribution in [0.5, 0.6) is 0 Å². The van der Waals surface area contributed by atoms with Crippen molar-refractivity contribution in [1.29, 1.82) is 0 Å². The molecule has 5 nitrogen and oxygen atoms in total. The van der Waals surface area contributed by atoms with Crippen molar-refractivity contribution in [3.8, 4) is 0 Å². The molecule has 3 N–H and O–H groups in total. The number of para-hydroxylation sites is 2. The van der Waals surface area contributed by atoms with E-state index in [1.165, 1.54) is 0 Å². The maximum atomic E-state index is 8.80. The summed E-state index contributed by atoms with van der Waals surface area (Å²) in [6.45, 7) is 4.26. The monoisotopic (exact) mass is 274 g/mol. The normalized spacial score (nSPS) is 13.8. The first kappa shape index (κ1) is 14.4. The number of hydrogen-bond acceptors (Lipinski definition) is 3. The van der Waals surface area contributed by atoms with Crippen LogP contribution in [0, 0.1) is 0 Å². The van der Waals surface area contributed by atoms with Gasteiger partial charge in [0.2, 0.25) is 0 Å². The molecule has 0 aliphatic rings. The van der Waals surface area contributed by atoms with E-state index in [9.17, 15) is 0 Å². The van der Waals surface area contributed by atoms with Crippen LogP contribution in [-0.4, -0.2) is 20.6 Å². The zero-order chi connectivity index (χ0) is 14.5. The number of aryl methyl sites for hydroxylation is 1. The molecule has 0 aliphatic heterocycles. The summed E-state index contributed by atoms with van der Waals surface area (Å²) >= 11 is 0. The van der Waals surface area contributed by atoms with Gasteiger partial charge in [-0.2, -0.15) is 0 Å². The predicted molar refractivity (Wildman–Crippen MR) is 81.1 cm³/mol. The third-order valence-electron chi connectivity index (χ3n) is 3.55. The quantitative estimate of drug-likeness (QED) is 0.368.